The highest BCUT2D eigenvalue weighted by Gasteiger charge is 2.13. The Balaban J connectivity index is 2.17. The highest BCUT2D eigenvalue weighted by Crippen LogP contribution is 2.25. The summed E-state index contributed by atoms with van der Waals surface area (Å²) in [7, 11) is 0. The summed E-state index contributed by atoms with van der Waals surface area (Å²) in [6.07, 6.45) is 0. The second-order valence-electron chi connectivity index (χ2n) is 2.16. The van der Waals surface area contributed by atoms with Crippen molar-refractivity contribution < 1.29 is 0 Å². The number of hydrogen-bond acceptors (Lipinski definition) is 3. The van der Waals surface area contributed by atoms with E-state index in [9.17, 15) is 0 Å². The molecule has 1 aromatic rings. The van der Waals surface area contributed by atoms with Gasteiger partial charge in [-0.3, -0.25) is 5.43 Å². The fraction of sp³-hybridized carbons (Fsp3) is 0. The molecular formula is C8H7N2S. The number of hydrogen-bond donors (Lipinski definition) is 1. The third-order valence-electron chi connectivity index (χ3n) is 1.43. The van der Waals surface area contributed by atoms with Crippen molar-refractivity contribution >= 4 is 17.3 Å². The van der Waals surface area contributed by atoms with Crippen LogP contribution < -0.4 is 5.43 Å². The molecule has 2 nitrogen and oxygen atoms in total. The molecule has 1 radical (unpaired) electrons. The van der Waals surface area contributed by atoms with E-state index in [1.165, 1.54) is 5.56 Å². The van der Waals surface area contributed by atoms with E-state index >= 15 is 0 Å². The molecule has 55 valence electrons. The summed E-state index contributed by atoms with van der Waals surface area (Å²) in [4.78, 5) is 0. The van der Waals surface area contributed by atoms with Gasteiger partial charge >= 0.3 is 0 Å². The molecule has 0 atom stereocenters. The van der Waals surface area contributed by atoms with E-state index in [2.05, 4.69) is 22.7 Å². The molecule has 0 aromatic heterocycles. The smallest absolute Gasteiger partial charge is 0.169 e. The summed E-state index contributed by atoms with van der Waals surface area (Å²) in [6.45, 7) is 0. The van der Waals surface area contributed by atoms with Gasteiger partial charge in [0.15, 0.2) is 5.37 Å². The van der Waals surface area contributed by atoms with E-state index in [4.69, 9.17) is 0 Å². The average Bonchev–Trinajstić information content (AvgIpc) is 2.58. The van der Waals surface area contributed by atoms with Gasteiger partial charge in [-0.25, -0.2) is 0 Å². The summed E-state index contributed by atoms with van der Waals surface area (Å²) in [5.41, 5.74) is 5.91. The minimum atomic E-state index is 1.10. The Morgan fingerprint density at radius 1 is 1.18 bits per heavy atom. The molecule has 0 amide bonds. The average molecular weight is 163 g/mol. The molecule has 0 saturated heterocycles. The molecule has 1 N–H and O–H groups in total. The first-order valence-corrected chi connectivity index (χ1v) is 4.21. The fourth-order valence-corrected chi connectivity index (χ4v) is 1.50. The summed E-state index contributed by atoms with van der Waals surface area (Å²) in [5.74, 6) is 0. The topological polar surface area (TPSA) is 24.4 Å². The molecule has 0 spiro atoms. The van der Waals surface area contributed by atoms with Crippen LogP contribution >= 0.6 is 11.8 Å². The number of rotatable bonds is 1. The molecule has 0 bridgehead atoms. The van der Waals surface area contributed by atoms with E-state index < -0.39 is 0 Å². The monoisotopic (exact) mass is 163 g/mol. The first-order valence-electron chi connectivity index (χ1n) is 3.33. The molecular weight excluding hydrogens is 156 g/mol. The number of nitrogens with zero attached hydrogens (tertiary/aromatic N) is 1. The van der Waals surface area contributed by atoms with Crippen molar-refractivity contribution in [3.63, 3.8) is 0 Å². The molecule has 2 rings (SSSR count). The van der Waals surface area contributed by atoms with Crippen LogP contribution in [0.2, 0.25) is 0 Å². The normalized spacial score (nSPS) is 16.7. The molecule has 11 heavy (non-hydrogen) atoms. The van der Waals surface area contributed by atoms with E-state index in [1.807, 2.05) is 18.2 Å². The standard InChI is InChI=1S/C8H7N2S/c1-2-4-7(5-3-1)8-10-9-6-11-8/h1-6,10H. The van der Waals surface area contributed by atoms with Crippen LogP contribution in [-0.4, -0.2) is 5.55 Å². The molecule has 0 fully saturated rings. The van der Waals surface area contributed by atoms with Crippen LogP contribution in [0.25, 0.3) is 0 Å². The third kappa shape index (κ3) is 1.38. The summed E-state index contributed by atoms with van der Waals surface area (Å²) < 4.78 is 0. The summed E-state index contributed by atoms with van der Waals surface area (Å²) >= 11 is 1.61. The molecule has 1 aromatic carbocycles. The van der Waals surface area contributed by atoms with Crippen LogP contribution in [0, 0.1) is 5.37 Å². The zero-order valence-electron chi connectivity index (χ0n) is 5.82. The second kappa shape index (κ2) is 2.96. The number of benzene rings is 1. The van der Waals surface area contributed by atoms with Crippen LogP contribution in [0.15, 0.2) is 35.4 Å². The van der Waals surface area contributed by atoms with Crippen molar-refractivity contribution in [3.05, 3.63) is 41.3 Å². The van der Waals surface area contributed by atoms with E-state index in [0.717, 1.165) is 5.37 Å². The van der Waals surface area contributed by atoms with Gasteiger partial charge < -0.3 is 0 Å². The first-order chi connectivity index (χ1) is 5.47. The Morgan fingerprint density at radius 3 is 2.64 bits per heavy atom. The molecule has 0 saturated carbocycles. The van der Waals surface area contributed by atoms with Gasteiger partial charge in [-0.05, 0) is 5.56 Å². The SMILES string of the molecule is C1=NN[C](c2ccccc2)S1. The van der Waals surface area contributed by atoms with Gasteiger partial charge in [-0.2, -0.15) is 5.10 Å². The quantitative estimate of drug-likeness (QED) is 0.682. The van der Waals surface area contributed by atoms with Gasteiger partial charge in [-0.1, -0.05) is 42.1 Å². The maximum absolute atomic E-state index is 3.89. The van der Waals surface area contributed by atoms with Gasteiger partial charge in [-0.15, -0.1) is 0 Å². The van der Waals surface area contributed by atoms with Crippen LogP contribution in [-0.2, 0) is 0 Å². The van der Waals surface area contributed by atoms with Crippen molar-refractivity contribution in [1.82, 2.24) is 5.43 Å². The number of thioether (sulfide) groups is 1. The Kier molecular flexibility index (Phi) is 1.81. The molecule has 0 aliphatic carbocycles. The van der Waals surface area contributed by atoms with Crippen molar-refractivity contribution in [2.75, 3.05) is 0 Å². The highest BCUT2D eigenvalue weighted by molar-refractivity contribution is 8.15. The van der Waals surface area contributed by atoms with Gasteiger partial charge in [0.05, 0.1) is 5.55 Å². The minimum Gasteiger partial charge on any atom is -0.285 e. The maximum atomic E-state index is 3.89. The Hall–Kier alpha value is -0.960. The zero-order chi connectivity index (χ0) is 7.52. The zero-order valence-corrected chi connectivity index (χ0v) is 6.64. The Morgan fingerprint density at radius 2 is 2.00 bits per heavy atom. The number of hydrazone groups is 1. The lowest BCUT2D eigenvalue weighted by molar-refractivity contribution is 0.894. The largest absolute Gasteiger partial charge is 0.285 e. The van der Waals surface area contributed by atoms with Gasteiger partial charge in [0.1, 0.15) is 0 Å². The molecule has 1 aliphatic rings. The van der Waals surface area contributed by atoms with Crippen LogP contribution in [0.1, 0.15) is 5.56 Å². The predicted octanol–water partition coefficient (Wildman–Crippen LogP) is 1.80. The molecule has 0 unspecified atom stereocenters. The number of nitrogens with one attached hydrogen (secondary N) is 1. The second-order valence-corrected chi connectivity index (χ2v) is 3.01. The molecule has 1 heterocycles. The Bertz CT molecular complexity index is 250. The molecule has 1 aliphatic heterocycles. The molecule has 3 heteroatoms. The van der Waals surface area contributed by atoms with Crippen molar-refractivity contribution in [2.45, 2.75) is 0 Å². The summed E-state index contributed by atoms with van der Waals surface area (Å²) in [5, 5.41) is 4.99. The Labute approximate surface area is 69.7 Å². The van der Waals surface area contributed by atoms with Gasteiger partial charge in [0, 0.05) is 0 Å². The van der Waals surface area contributed by atoms with Crippen molar-refractivity contribution in [2.24, 2.45) is 5.10 Å². The fourth-order valence-electron chi connectivity index (χ4n) is 0.913. The lowest BCUT2D eigenvalue weighted by atomic mass is 10.2. The first kappa shape index (κ1) is 6.73. The van der Waals surface area contributed by atoms with E-state index in [-0.39, 0.29) is 0 Å². The summed E-state index contributed by atoms with van der Waals surface area (Å²) in [6, 6.07) is 10.2. The third-order valence-corrected chi connectivity index (χ3v) is 2.20. The highest BCUT2D eigenvalue weighted by atomic mass is 32.2. The lowest BCUT2D eigenvalue weighted by Gasteiger charge is -2.05. The van der Waals surface area contributed by atoms with Crippen LogP contribution in [0.5, 0.6) is 0 Å². The minimum absolute atomic E-state index is 1.10. The van der Waals surface area contributed by atoms with E-state index in [0.29, 0.717) is 0 Å². The predicted molar refractivity (Wildman–Crippen MR) is 48.0 cm³/mol. The van der Waals surface area contributed by atoms with E-state index in [1.54, 1.807) is 17.3 Å². The van der Waals surface area contributed by atoms with Crippen LogP contribution in [0.4, 0.5) is 0 Å². The van der Waals surface area contributed by atoms with Crippen molar-refractivity contribution in [1.29, 1.82) is 0 Å². The van der Waals surface area contributed by atoms with Gasteiger partial charge in [0.2, 0.25) is 0 Å². The van der Waals surface area contributed by atoms with Crippen molar-refractivity contribution in [3.8, 4) is 0 Å². The van der Waals surface area contributed by atoms with Crippen LogP contribution in [0.3, 0.4) is 0 Å². The van der Waals surface area contributed by atoms with Gasteiger partial charge in [0.25, 0.3) is 0 Å². The maximum Gasteiger partial charge on any atom is 0.169 e. The lowest BCUT2D eigenvalue weighted by Crippen LogP contribution is -2.07.